The first-order valence-electron chi connectivity index (χ1n) is 4.80. The first kappa shape index (κ1) is 10.2. The molecule has 0 unspecified atom stereocenters. The summed E-state index contributed by atoms with van der Waals surface area (Å²) in [6, 6.07) is 7.11. The van der Waals surface area contributed by atoms with Gasteiger partial charge in [-0.05, 0) is 30.5 Å². The second-order valence-corrected chi connectivity index (χ2v) is 4.21. The molecule has 78 valence electrons. The Morgan fingerprint density at radius 1 is 1.33 bits per heavy atom. The number of rotatable bonds is 2. The molecule has 1 aromatic rings. The number of carbonyl (C=O) groups is 1. The minimum atomic E-state index is -0.801. The van der Waals surface area contributed by atoms with Gasteiger partial charge in [-0.1, -0.05) is 35.9 Å². The Kier molecular flexibility index (Phi) is 2.53. The fourth-order valence-electron chi connectivity index (χ4n) is 1.97. The molecule has 3 heteroatoms. The molecule has 0 saturated carbocycles. The van der Waals surface area contributed by atoms with Gasteiger partial charge in [0, 0.05) is 5.02 Å². The Balaban J connectivity index is 2.46. The fraction of sp³-hybridized carbons (Fsp3) is 0.250. The van der Waals surface area contributed by atoms with Crippen molar-refractivity contribution in [1.82, 2.24) is 0 Å². The predicted octanol–water partition coefficient (Wildman–Crippen LogP) is 3.01. The molecular formula is C12H11ClO2. The summed E-state index contributed by atoms with van der Waals surface area (Å²) in [4.78, 5) is 11.4. The molecule has 0 spiro atoms. The maximum absolute atomic E-state index is 11.4. The molecule has 2 rings (SSSR count). The van der Waals surface area contributed by atoms with Crippen LogP contribution in [0.2, 0.25) is 5.02 Å². The largest absolute Gasteiger partial charge is 0.481 e. The molecule has 0 bridgehead atoms. The molecule has 1 aliphatic rings. The Labute approximate surface area is 93.2 Å². The normalized spacial score (nSPS) is 17.9. The van der Waals surface area contributed by atoms with Gasteiger partial charge in [-0.3, -0.25) is 4.79 Å². The summed E-state index contributed by atoms with van der Waals surface area (Å²) in [5, 5.41) is 9.91. The molecule has 0 aliphatic heterocycles. The molecule has 0 atom stereocenters. The fourth-order valence-corrected chi connectivity index (χ4v) is 2.16. The van der Waals surface area contributed by atoms with E-state index < -0.39 is 11.4 Å². The number of aliphatic carboxylic acids is 1. The highest BCUT2D eigenvalue weighted by atomic mass is 35.5. The van der Waals surface area contributed by atoms with Crippen LogP contribution in [0.4, 0.5) is 0 Å². The Morgan fingerprint density at radius 2 is 2.00 bits per heavy atom. The molecule has 0 amide bonds. The number of allylic oxidation sites excluding steroid dienone is 2. The predicted molar refractivity (Wildman–Crippen MR) is 59.1 cm³/mol. The second kappa shape index (κ2) is 3.70. The SMILES string of the molecule is O=C(O)C1(c2cccc(Cl)c2)CC=CC1. The van der Waals surface area contributed by atoms with Crippen molar-refractivity contribution in [1.29, 1.82) is 0 Å². The lowest BCUT2D eigenvalue weighted by atomic mass is 9.78. The van der Waals surface area contributed by atoms with E-state index in [-0.39, 0.29) is 0 Å². The van der Waals surface area contributed by atoms with Crippen molar-refractivity contribution in [2.24, 2.45) is 0 Å². The topological polar surface area (TPSA) is 37.3 Å². The third-order valence-electron chi connectivity index (χ3n) is 2.89. The molecular weight excluding hydrogens is 212 g/mol. The van der Waals surface area contributed by atoms with Gasteiger partial charge in [0.1, 0.15) is 0 Å². The Morgan fingerprint density at radius 3 is 2.53 bits per heavy atom. The molecule has 2 nitrogen and oxygen atoms in total. The van der Waals surface area contributed by atoms with Crippen LogP contribution in [0.5, 0.6) is 0 Å². The highest BCUT2D eigenvalue weighted by molar-refractivity contribution is 6.30. The Bertz CT molecular complexity index is 415. The number of carboxylic acids is 1. The third-order valence-corrected chi connectivity index (χ3v) is 3.12. The van der Waals surface area contributed by atoms with E-state index in [0.717, 1.165) is 5.56 Å². The van der Waals surface area contributed by atoms with E-state index in [9.17, 15) is 9.90 Å². The zero-order valence-corrected chi connectivity index (χ0v) is 8.87. The lowest BCUT2D eigenvalue weighted by Gasteiger charge is -2.24. The van der Waals surface area contributed by atoms with Gasteiger partial charge in [0.2, 0.25) is 0 Å². The van der Waals surface area contributed by atoms with Crippen molar-refractivity contribution in [2.45, 2.75) is 18.3 Å². The van der Waals surface area contributed by atoms with Gasteiger partial charge in [0.15, 0.2) is 0 Å². The molecule has 0 heterocycles. The molecule has 0 saturated heterocycles. The van der Waals surface area contributed by atoms with Gasteiger partial charge < -0.3 is 5.11 Å². The van der Waals surface area contributed by atoms with Crippen molar-refractivity contribution >= 4 is 17.6 Å². The lowest BCUT2D eigenvalue weighted by Crippen LogP contribution is -2.32. The van der Waals surface area contributed by atoms with Crippen LogP contribution in [-0.2, 0) is 10.2 Å². The average molecular weight is 223 g/mol. The van der Waals surface area contributed by atoms with E-state index in [2.05, 4.69) is 0 Å². The Hall–Kier alpha value is -1.28. The molecule has 15 heavy (non-hydrogen) atoms. The molecule has 0 fully saturated rings. The van der Waals surface area contributed by atoms with Crippen molar-refractivity contribution in [3.63, 3.8) is 0 Å². The van der Waals surface area contributed by atoms with E-state index in [1.165, 1.54) is 0 Å². The molecule has 1 N–H and O–H groups in total. The van der Waals surface area contributed by atoms with E-state index in [4.69, 9.17) is 11.6 Å². The summed E-state index contributed by atoms with van der Waals surface area (Å²) in [5.41, 5.74) is -0.0160. The summed E-state index contributed by atoms with van der Waals surface area (Å²) >= 11 is 5.88. The van der Waals surface area contributed by atoms with Crippen LogP contribution in [0.3, 0.4) is 0 Å². The minimum Gasteiger partial charge on any atom is -0.481 e. The molecule has 1 aliphatic carbocycles. The quantitative estimate of drug-likeness (QED) is 0.781. The molecule has 0 aromatic heterocycles. The van der Waals surface area contributed by atoms with Crippen LogP contribution in [0.1, 0.15) is 18.4 Å². The number of hydrogen-bond donors (Lipinski definition) is 1. The van der Waals surface area contributed by atoms with Gasteiger partial charge >= 0.3 is 5.97 Å². The number of halogens is 1. The lowest BCUT2D eigenvalue weighted by molar-refractivity contribution is -0.143. The van der Waals surface area contributed by atoms with Crippen LogP contribution in [0, 0.1) is 0 Å². The van der Waals surface area contributed by atoms with Gasteiger partial charge in [0.25, 0.3) is 0 Å². The highest BCUT2D eigenvalue weighted by Crippen LogP contribution is 2.38. The van der Waals surface area contributed by atoms with E-state index in [1.54, 1.807) is 18.2 Å². The summed E-state index contributed by atoms with van der Waals surface area (Å²) < 4.78 is 0. The summed E-state index contributed by atoms with van der Waals surface area (Å²) in [5.74, 6) is -0.783. The monoisotopic (exact) mass is 222 g/mol. The number of benzene rings is 1. The second-order valence-electron chi connectivity index (χ2n) is 3.78. The van der Waals surface area contributed by atoms with Crippen LogP contribution < -0.4 is 0 Å². The third kappa shape index (κ3) is 1.65. The zero-order valence-electron chi connectivity index (χ0n) is 8.11. The van der Waals surface area contributed by atoms with Crippen molar-refractivity contribution in [2.75, 3.05) is 0 Å². The first-order chi connectivity index (χ1) is 7.15. The van der Waals surface area contributed by atoms with Crippen LogP contribution in [0.15, 0.2) is 36.4 Å². The summed E-state index contributed by atoms with van der Waals surface area (Å²) in [7, 11) is 0. The van der Waals surface area contributed by atoms with E-state index >= 15 is 0 Å². The number of carboxylic acid groups (broad SMARTS) is 1. The first-order valence-corrected chi connectivity index (χ1v) is 5.17. The van der Waals surface area contributed by atoms with E-state index in [0.29, 0.717) is 17.9 Å². The highest BCUT2D eigenvalue weighted by Gasteiger charge is 2.40. The van der Waals surface area contributed by atoms with Crippen molar-refractivity contribution < 1.29 is 9.90 Å². The van der Waals surface area contributed by atoms with Gasteiger partial charge in [-0.25, -0.2) is 0 Å². The van der Waals surface area contributed by atoms with Crippen LogP contribution in [-0.4, -0.2) is 11.1 Å². The minimum absolute atomic E-state index is 0.544. The maximum Gasteiger partial charge on any atom is 0.314 e. The summed E-state index contributed by atoms with van der Waals surface area (Å²) in [6.45, 7) is 0. The van der Waals surface area contributed by atoms with Gasteiger partial charge in [0.05, 0.1) is 5.41 Å². The average Bonchev–Trinajstić information content (AvgIpc) is 2.67. The van der Waals surface area contributed by atoms with E-state index in [1.807, 2.05) is 18.2 Å². The van der Waals surface area contributed by atoms with Gasteiger partial charge in [-0.15, -0.1) is 0 Å². The summed E-state index contributed by atoms with van der Waals surface area (Å²) in [6.07, 6.45) is 4.91. The molecule has 0 radical (unpaired) electrons. The zero-order chi connectivity index (χ0) is 10.9. The standard InChI is InChI=1S/C12H11ClO2/c13-10-5-3-4-9(8-10)12(11(14)15)6-1-2-7-12/h1-5,8H,6-7H2,(H,14,15). The van der Waals surface area contributed by atoms with Crippen LogP contribution >= 0.6 is 11.6 Å². The van der Waals surface area contributed by atoms with Crippen LogP contribution in [0.25, 0.3) is 0 Å². The number of hydrogen-bond acceptors (Lipinski definition) is 1. The maximum atomic E-state index is 11.4. The molecule has 1 aromatic carbocycles. The van der Waals surface area contributed by atoms with Gasteiger partial charge in [-0.2, -0.15) is 0 Å². The van der Waals surface area contributed by atoms with Crippen molar-refractivity contribution in [3.8, 4) is 0 Å². The smallest absolute Gasteiger partial charge is 0.314 e. The van der Waals surface area contributed by atoms with Crippen molar-refractivity contribution in [3.05, 3.63) is 47.0 Å².